The minimum atomic E-state index is -0.248. The summed E-state index contributed by atoms with van der Waals surface area (Å²) in [5.41, 5.74) is 1.08. The number of anilines is 2. The SMILES string of the molecule is COCCCNC(=O)c1cc(Nc2ccc3c(c2)OCO3)ncn1. The van der Waals surface area contributed by atoms with Crippen LogP contribution in [-0.4, -0.2) is 42.9 Å². The molecule has 2 aromatic rings. The molecule has 0 spiro atoms. The van der Waals surface area contributed by atoms with E-state index >= 15 is 0 Å². The zero-order valence-corrected chi connectivity index (χ0v) is 13.2. The predicted octanol–water partition coefficient (Wildman–Crippen LogP) is 1.72. The number of benzene rings is 1. The number of methoxy groups -OCH3 is 1. The highest BCUT2D eigenvalue weighted by Crippen LogP contribution is 2.34. The van der Waals surface area contributed by atoms with E-state index in [-0.39, 0.29) is 12.7 Å². The maximum Gasteiger partial charge on any atom is 0.270 e. The van der Waals surface area contributed by atoms with Gasteiger partial charge in [0.05, 0.1) is 0 Å². The smallest absolute Gasteiger partial charge is 0.270 e. The lowest BCUT2D eigenvalue weighted by atomic mass is 10.2. The van der Waals surface area contributed by atoms with E-state index in [1.807, 2.05) is 18.2 Å². The van der Waals surface area contributed by atoms with E-state index in [2.05, 4.69) is 20.6 Å². The fourth-order valence-corrected chi connectivity index (χ4v) is 2.18. The van der Waals surface area contributed by atoms with Crippen LogP contribution in [0.1, 0.15) is 16.9 Å². The number of amides is 1. The summed E-state index contributed by atoms with van der Waals surface area (Å²) in [6, 6.07) is 7.07. The Kier molecular flexibility index (Phi) is 5.07. The highest BCUT2D eigenvalue weighted by molar-refractivity contribution is 5.92. The molecule has 1 aliphatic heterocycles. The lowest BCUT2D eigenvalue weighted by Crippen LogP contribution is -2.26. The number of carbonyl (C=O) groups is 1. The zero-order valence-electron chi connectivity index (χ0n) is 13.2. The van der Waals surface area contributed by atoms with E-state index in [1.54, 1.807) is 13.2 Å². The summed E-state index contributed by atoms with van der Waals surface area (Å²) in [4.78, 5) is 20.2. The van der Waals surface area contributed by atoms with Crippen LogP contribution < -0.4 is 20.1 Å². The number of ether oxygens (including phenoxy) is 3. The number of nitrogens with one attached hydrogen (secondary N) is 2. The molecule has 0 bridgehead atoms. The van der Waals surface area contributed by atoms with E-state index in [9.17, 15) is 4.79 Å². The lowest BCUT2D eigenvalue weighted by Gasteiger charge is -2.08. The molecular formula is C16H18N4O4. The first kappa shape index (κ1) is 16.0. The normalized spacial score (nSPS) is 12.0. The third-order valence-corrected chi connectivity index (χ3v) is 3.36. The monoisotopic (exact) mass is 330 g/mol. The molecule has 0 aliphatic carbocycles. The second kappa shape index (κ2) is 7.60. The number of hydrogen-bond acceptors (Lipinski definition) is 7. The molecule has 1 aliphatic rings. The van der Waals surface area contributed by atoms with Crippen molar-refractivity contribution >= 4 is 17.4 Å². The molecular weight excluding hydrogens is 312 g/mol. The quantitative estimate of drug-likeness (QED) is 0.746. The number of aromatic nitrogens is 2. The fraction of sp³-hybridized carbons (Fsp3) is 0.312. The summed E-state index contributed by atoms with van der Waals surface area (Å²) in [6.45, 7) is 1.35. The molecule has 0 atom stereocenters. The molecule has 1 aromatic carbocycles. The van der Waals surface area contributed by atoms with Gasteiger partial charge in [0.15, 0.2) is 11.5 Å². The van der Waals surface area contributed by atoms with Crippen LogP contribution in [0.3, 0.4) is 0 Å². The Hall–Kier alpha value is -2.87. The highest BCUT2D eigenvalue weighted by Gasteiger charge is 2.14. The molecule has 0 fully saturated rings. The summed E-state index contributed by atoms with van der Waals surface area (Å²) in [5.74, 6) is 1.65. The summed E-state index contributed by atoms with van der Waals surface area (Å²) in [7, 11) is 1.63. The summed E-state index contributed by atoms with van der Waals surface area (Å²) < 4.78 is 15.5. The maximum absolute atomic E-state index is 12.1. The second-order valence-electron chi connectivity index (χ2n) is 5.08. The maximum atomic E-state index is 12.1. The van der Waals surface area contributed by atoms with Gasteiger partial charge in [0.25, 0.3) is 5.91 Å². The summed E-state index contributed by atoms with van der Waals surface area (Å²) in [6.07, 6.45) is 2.09. The van der Waals surface area contributed by atoms with Crippen LogP contribution in [0, 0.1) is 0 Å². The van der Waals surface area contributed by atoms with Crippen molar-refractivity contribution in [3.8, 4) is 11.5 Å². The number of fused-ring (bicyclic) bond motifs is 1. The van der Waals surface area contributed by atoms with E-state index in [1.165, 1.54) is 6.33 Å². The number of rotatable bonds is 7. The summed E-state index contributed by atoms with van der Waals surface area (Å²) >= 11 is 0. The molecule has 24 heavy (non-hydrogen) atoms. The van der Waals surface area contributed by atoms with Gasteiger partial charge in [-0.15, -0.1) is 0 Å². The average Bonchev–Trinajstić information content (AvgIpc) is 3.06. The minimum absolute atomic E-state index is 0.222. The Labute approximate surface area is 139 Å². The number of nitrogens with zero attached hydrogens (tertiary/aromatic N) is 2. The first-order valence-corrected chi connectivity index (χ1v) is 7.52. The van der Waals surface area contributed by atoms with Gasteiger partial charge in [-0.2, -0.15) is 0 Å². The summed E-state index contributed by atoms with van der Waals surface area (Å²) in [5, 5.41) is 5.90. The molecule has 0 saturated heterocycles. The van der Waals surface area contributed by atoms with Crippen LogP contribution in [0.4, 0.5) is 11.5 Å². The molecule has 2 N–H and O–H groups in total. The van der Waals surface area contributed by atoms with E-state index < -0.39 is 0 Å². The van der Waals surface area contributed by atoms with Crippen molar-refractivity contribution in [1.29, 1.82) is 0 Å². The first-order chi connectivity index (χ1) is 11.8. The third kappa shape index (κ3) is 3.90. The van der Waals surface area contributed by atoms with Crippen LogP contribution in [0.25, 0.3) is 0 Å². The largest absolute Gasteiger partial charge is 0.454 e. The van der Waals surface area contributed by atoms with Gasteiger partial charge in [0.2, 0.25) is 6.79 Å². The van der Waals surface area contributed by atoms with Crippen LogP contribution in [-0.2, 0) is 4.74 Å². The van der Waals surface area contributed by atoms with Gasteiger partial charge in [-0.1, -0.05) is 0 Å². The molecule has 126 valence electrons. The Balaban J connectivity index is 1.63. The Bertz CT molecular complexity index is 723. The van der Waals surface area contributed by atoms with Crippen molar-refractivity contribution in [3.05, 3.63) is 36.3 Å². The fourth-order valence-electron chi connectivity index (χ4n) is 2.18. The molecule has 8 nitrogen and oxygen atoms in total. The van der Waals surface area contributed by atoms with Crippen molar-refractivity contribution in [3.63, 3.8) is 0 Å². The molecule has 0 saturated carbocycles. The first-order valence-electron chi connectivity index (χ1n) is 7.52. The number of carbonyl (C=O) groups excluding carboxylic acids is 1. The van der Waals surface area contributed by atoms with Crippen LogP contribution in [0.5, 0.6) is 11.5 Å². The van der Waals surface area contributed by atoms with Crippen molar-refractivity contribution < 1.29 is 19.0 Å². The van der Waals surface area contributed by atoms with Gasteiger partial charge in [0, 0.05) is 38.1 Å². The van der Waals surface area contributed by atoms with Gasteiger partial charge in [-0.25, -0.2) is 9.97 Å². The standard InChI is InChI=1S/C16H18N4O4/c1-22-6-2-5-17-16(21)12-8-15(19-9-18-12)20-11-3-4-13-14(7-11)24-10-23-13/h3-4,7-9H,2,5-6,10H2,1H3,(H,17,21)(H,18,19,20). The van der Waals surface area contributed by atoms with Gasteiger partial charge in [-0.05, 0) is 18.6 Å². The average molecular weight is 330 g/mol. The predicted molar refractivity (Wildman–Crippen MR) is 86.7 cm³/mol. The van der Waals surface area contributed by atoms with E-state index in [4.69, 9.17) is 14.2 Å². The van der Waals surface area contributed by atoms with Crippen LogP contribution in [0.15, 0.2) is 30.6 Å². The second-order valence-corrected chi connectivity index (χ2v) is 5.08. The molecule has 3 rings (SSSR count). The Morgan fingerprint density at radius 3 is 3.00 bits per heavy atom. The van der Waals surface area contributed by atoms with Gasteiger partial charge in [0.1, 0.15) is 17.8 Å². The van der Waals surface area contributed by atoms with Gasteiger partial charge in [-0.3, -0.25) is 4.79 Å². The van der Waals surface area contributed by atoms with Gasteiger partial charge >= 0.3 is 0 Å². The van der Waals surface area contributed by atoms with Crippen molar-refractivity contribution in [1.82, 2.24) is 15.3 Å². The van der Waals surface area contributed by atoms with Crippen LogP contribution in [0.2, 0.25) is 0 Å². The third-order valence-electron chi connectivity index (χ3n) is 3.36. The lowest BCUT2D eigenvalue weighted by molar-refractivity contribution is 0.0943. The Morgan fingerprint density at radius 1 is 1.25 bits per heavy atom. The van der Waals surface area contributed by atoms with Gasteiger partial charge < -0.3 is 24.8 Å². The molecule has 2 heterocycles. The molecule has 1 amide bonds. The van der Waals surface area contributed by atoms with Crippen molar-refractivity contribution in [2.45, 2.75) is 6.42 Å². The molecule has 0 radical (unpaired) electrons. The molecule has 1 aromatic heterocycles. The topological polar surface area (TPSA) is 94.6 Å². The minimum Gasteiger partial charge on any atom is -0.454 e. The molecule has 8 heteroatoms. The van der Waals surface area contributed by atoms with Crippen LogP contribution >= 0.6 is 0 Å². The zero-order chi connectivity index (χ0) is 16.8. The van der Waals surface area contributed by atoms with E-state index in [0.29, 0.717) is 36.2 Å². The van der Waals surface area contributed by atoms with E-state index in [0.717, 1.165) is 12.1 Å². The molecule has 0 unspecified atom stereocenters. The number of hydrogen-bond donors (Lipinski definition) is 2. The van der Waals surface area contributed by atoms with Crippen molar-refractivity contribution in [2.75, 3.05) is 32.4 Å². The Morgan fingerprint density at radius 2 is 2.12 bits per heavy atom. The highest BCUT2D eigenvalue weighted by atomic mass is 16.7. The van der Waals surface area contributed by atoms with Crippen molar-refractivity contribution in [2.24, 2.45) is 0 Å².